The lowest BCUT2D eigenvalue weighted by atomic mass is 9.35. The minimum absolute atomic E-state index is 0.105. The molecule has 0 N–H and O–H groups in total. The van der Waals surface area contributed by atoms with Crippen LogP contribution in [0.2, 0.25) is 0 Å². The summed E-state index contributed by atoms with van der Waals surface area (Å²) in [6.07, 6.45) is 2.27. The quantitative estimate of drug-likeness (QED) is 0.165. The second-order valence-corrected chi connectivity index (χ2v) is 22.2. The van der Waals surface area contributed by atoms with Crippen molar-refractivity contribution in [3.05, 3.63) is 174 Å². The highest BCUT2D eigenvalue weighted by Crippen LogP contribution is 2.52. The average molecular weight is 857 g/mol. The van der Waals surface area contributed by atoms with Gasteiger partial charge in [0, 0.05) is 33.6 Å². The van der Waals surface area contributed by atoms with E-state index in [-0.39, 0.29) is 28.4 Å². The fourth-order valence-corrected chi connectivity index (χ4v) is 13.2. The molecule has 4 heterocycles. The highest BCUT2D eigenvalue weighted by molar-refractivity contribution is 6.98. The lowest BCUT2D eigenvalue weighted by Crippen LogP contribution is -2.57. The molecular weight excluding hydrogens is 803 g/mol. The molecule has 0 amide bonds. The van der Waals surface area contributed by atoms with Crippen molar-refractivity contribution in [1.29, 1.82) is 0 Å². The van der Waals surface area contributed by atoms with Crippen LogP contribution >= 0.6 is 0 Å². The number of rotatable bonds is 4. The first-order valence-corrected chi connectivity index (χ1v) is 23.7. The molecule has 0 saturated carbocycles. The molecule has 7 aromatic carbocycles. The summed E-state index contributed by atoms with van der Waals surface area (Å²) in [7, 11) is 0. The maximum Gasteiger partial charge on any atom is 0.262 e. The van der Waals surface area contributed by atoms with Crippen molar-refractivity contribution in [3.63, 3.8) is 0 Å². The van der Waals surface area contributed by atoms with Crippen LogP contribution in [0.3, 0.4) is 0 Å². The third-order valence-corrected chi connectivity index (χ3v) is 15.7. The van der Waals surface area contributed by atoms with E-state index in [0.29, 0.717) is 5.88 Å². The van der Waals surface area contributed by atoms with Crippen LogP contribution in [-0.4, -0.2) is 16.3 Å². The van der Waals surface area contributed by atoms with Crippen molar-refractivity contribution in [1.82, 2.24) is 9.55 Å². The van der Waals surface area contributed by atoms with Crippen molar-refractivity contribution in [2.45, 2.75) is 89.9 Å². The topological polar surface area (TPSA) is 36.3 Å². The number of benzene rings is 7. The Bertz CT molecular complexity index is 3350. The fourth-order valence-electron chi connectivity index (χ4n) is 13.2. The number of hydrogen-bond donors (Lipinski definition) is 0. The summed E-state index contributed by atoms with van der Waals surface area (Å²) >= 11 is 0. The summed E-state index contributed by atoms with van der Waals surface area (Å²) in [4.78, 5) is 5.34. The second-order valence-electron chi connectivity index (χ2n) is 22.2. The molecule has 4 nitrogen and oxygen atoms in total. The predicted octanol–water partition coefficient (Wildman–Crippen LogP) is 13.8. The van der Waals surface area contributed by atoms with Crippen molar-refractivity contribution >= 4 is 44.9 Å². The number of pyridine rings is 1. The Morgan fingerprint density at radius 1 is 0.439 bits per heavy atom. The van der Waals surface area contributed by atoms with E-state index in [9.17, 15) is 0 Å². The van der Waals surface area contributed by atoms with Crippen LogP contribution in [-0.2, 0) is 21.7 Å². The van der Waals surface area contributed by atoms with Crippen LogP contribution < -0.4 is 25.9 Å². The molecule has 66 heavy (non-hydrogen) atoms. The van der Waals surface area contributed by atoms with E-state index in [1.165, 1.54) is 55.2 Å². The van der Waals surface area contributed by atoms with Gasteiger partial charge in [-0.1, -0.05) is 165 Å². The van der Waals surface area contributed by atoms with Gasteiger partial charge in [-0.2, -0.15) is 0 Å². The predicted molar refractivity (Wildman–Crippen MR) is 274 cm³/mol. The summed E-state index contributed by atoms with van der Waals surface area (Å²) in [5, 5.41) is 2.49. The van der Waals surface area contributed by atoms with Gasteiger partial charge in [0.25, 0.3) is 6.71 Å². The summed E-state index contributed by atoms with van der Waals surface area (Å²) < 4.78 is 16.4. The van der Waals surface area contributed by atoms with Gasteiger partial charge in [-0.05, 0) is 126 Å². The number of nitrogens with zero attached hydrogens (tertiary/aromatic N) is 2. The molecule has 2 aliphatic heterocycles. The highest BCUT2D eigenvalue weighted by Gasteiger charge is 2.45. The molecule has 0 saturated heterocycles. The number of fused-ring (bicyclic) bond motifs is 9. The zero-order chi connectivity index (χ0) is 45.1. The maximum absolute atomic E-state index is 7.06. The number of aromatic nitrogens is 2. The average Bonchev–Trinajstić information content (AvgIpc) is 3.81. The molecule has 0 bridgehead atoms. The molecule has 5 heteroatoms. The Balaban J connectivity index is 0.939. The summed E-state index contributed by atoms with van der Waals surface area (Å²) in [5.74, 6) is 3.09. The Morgan fingerprint density at radius 2 is 0.894 bits per heavy atom. The zero-order valence-electron chi connectivity index (χ0n) is 39.1. The van der Waals surface area contributed by atoms with Gasteiger partial charge in [0.05, 0.1) is 16.7 Å². The molecule has 9 aromatic rings. The van der Waals surface area contributed by atoms with Gasteiger partial charge >= 0.3 is 0 Å². The van der Waals surface area contributed by atoms with Crippen molar-refractivity contribution < 1.29 is 9.47 Å². The molecule has 0 unspecified atom stereocenters. The summed E-state index contributed by atoms with van der Waals surface area (Å²) in [6.45, 7) is 18.9. The molecule has 322 valence electrons. The van der Waals surface area contributed by atoms with Gasteiger partial charge in [-0.15, -0.1) is 0 Å². The van der Waals surface area contributed by atoms with Crippen LogP contribution in [0.25, 0.3) is 61.0 Å². The van der Waals surface area contributed by atoms with Crippen LogP contribution in [0.15, 0.2) is 152 Å². The molecule has 2 aliphatic carbocycles. The van der Waals surface area contributed by atoms with Gasteiger partial charge < -0.3 is 14.0 Å². The zero-order valence-corrected chi connectivity index (χ0v) is 39.1. The van der Waals surface area contributed by atoms with Crippen LogP contribution in [0.5, 0.6) is 23.1 Å². The van der Waals surface area contributed by atoms with Crippen LogP contribution in [0, 0.1) is 0 Å². The third kappa shape index (κ3) is 5.74. The summed E-state index contributed by atoms with van der Waals surface area (Å²) in [5.41, 5.74) is 19.5. The number of para-hydroxylation sites is 2. The third-order valence-electron chi connectivity index (χ3n) is 15.7. The van der Waals surface area contributed by atoms with E-state index in [2.05, 4.69) is 212 Å². The van der Waals surface area contributed by atoms with Crippen molar-refractivity contribution in [2.24, 2.45) is 0 Å². The van der Waals surface area contributed by atoms with Gasteiger partial charge in [0.2, 0.25) is 5.88 Å². The Kier molecular flexibility index (Phi) is 8.01. The van der Waals surface area contributed by atoms with Crippen LogP contribution in [0.1, 0.15) is 90.5 Å². The van der Waals surface area contributed by atoms with E-state index in [0.717, 1.165) is 74.6 Å². The SMILES string of the molecule is CC1(C)CC(C)(C)c2cc(-c3ccc4c(c3)Oc3cc(-c5ccc(-n6c7ccccc7c7ccccc76)cc5)nc5c3B4c3ccc(-c4ccc6c(c4)C(C)(C)CC6(C)C)cc3O5)ccc21. The first-order valence-electron chi connectivity index (χ1n) is 23.7. The smallest absolute Gasteiger partial charge is 0.262 e. The first kappa shape index (κ1) is 39.5. The van der Waals surface area contributed by atoms with Crippen LogP contribution in [0.4, 0.5) is 0 Å². The van der Waals surface area contributed by atoms with Crippen molar-refractivity contribution in [2.75, 3.05) is 0 Å². The second kappa shape index (κ2) is 13.4. The molecule has 0 spiro atoms. The molecule has 13 rings (SSSR count). The largest absolute Gasteiger partial charge is 0.458 e. The minimum Gasteiger partial charge on any atom is -0.458 e. The Morgan fingerprint density at radius 3 is 1.44 bits per heavy atom. The first-order chi connectivity index (χ1) is 31.6. The Hall–Kier alpha value is -6.85. The summed E-state index contributed by atoms with van der Waals surface area (Å²) in [6, 6.07) is 55.9. The normalized spacial score (nSPS) is 17.4. The lowest BCUT2D eigenvalue weighted by Gasteiger charge is -2.33. The van der Waals surface area contributed by atoms with Crippen molar-refractivity contribution in [3.8, 4) is 62.3 Å². The molecule has 0 radical (unpaired) electrons. The number of ether oxygens (including phenoxy) is 2. The molecule has 4 aliphatic rings. The van der Waals surface area contributed by atoms with E-state index >= 15 is 0 Å². The monoisotopic (exact) mass is 856 g/mol. The van der Waals surface area contributed by atoms with Gasteiger partial charge in [-0.3, -0.25) is 0 Å². The molecule has 0 atom stereocenters. The minimum atomic E-state index is -0.107. The standard InChI is InChI=1S/C61H53BN2O2/c1-58(2)34-60(5,6)46-29-37(19-25-44(46)58)39-21-27-48-53(31-39)65-55-33-50(36-17-23-41(24-18-36)64-51-15-11-9-13-42(51)43-14-10-12-16-52(43)64)63-57-56(55)62(48)49-28-22-40(32-54(49)66-57)38-20-26-45-47(30-38)61(7,8)35-59(45,3)4/h9-33H,34-35H2,1-8H3. The van der Waals surface area contributed by atoms with Gasteiger partial charge in [0.15, 0.2) is 0 Å². The van der Waals surface area contributed by atoms with Gasteiger partial charge in [-0.25, -0.2) is 4.98 Å². The lowest BCUT2D eigenvalue weighted by molar-refractivity contribution is 0.402. The van der Waals surface area contributed by atoms with E-state index in [1.807, 2.05) is 0 Å². The maximum atomic E-state index is 7.06. The van der Waals surface area contributed by atoms with E-state index in [4.69, 9.17) is 14.5 Å². The Labute approximate surface area is 388 Å². The van der Waals surface area contributed by atoms with E-state index < -0.39 is 0 Å². The molecule has 2 aromatic heterocycles. The molecule has 0 fully saturated rings. The van der Waals surface area contributed by atoms with Gasteiger partial charge in [0.1, 0.15) is 17.2 Å². The van der Waals surface area contributed by atoms with E-state index in [1.54, 1.807) is 0 Å². The fraction of sp³-hybridized carbons (Fsp3) is 0.230. The highest BCUT2D eigenvalue weighted by atomic mass is 16.5. The number of hydrogen-bond acceptors (Lipinski definition) is 3. The molecular formula is C61H53BN2O2.